The van der Waals surface area contributed by atoms with E-state index in [0.717, 1.165) is 24.5 Å². The number of rotatable bonds is 6. The fourth-order valence-electron chi connectivity index (χ4n) is 1.78. The zero-order valence-electron chi connectivity index (χ0n) is 11.0. The van der Waals surface area contributed by atoms with E-state index in [1.54, 1.807) is 18.3 Å². The van der Waals surface area contributed by atoms with Gasteiger partial charge in [0.25, 0.3) is 0 Å². The van der Waals surface area contributed by atoms with E-state index in [2.05, 4.69) is 10.3 Å². The maximum absolute atomic E-state index is 9.21. The van der Waals surface area contributed by atoms with E-state index >= 15 is 0 Å². The van der Waals surface area contributed by atoms with Crippen molar-refractivity contribution in [1.82, 2.24) is 4.98 Å². The maximum atomic E-state index is 9.21. The lowest BCUT2D eigenvalue weighted by Crippen LogP contribution is -2.08. The van der Waals surface area contributed by atoms with E-state index in [0.29, 0.717) is 12.4 Å². The molecule has 1 heterocycles. The van der Waals surface area contributed by atoms with Crippen molar-refractivity contribution < 1.29 is 9.84 Å². The van der Waals surface area contributed by atoms with Crippen LogP contribution in [0.2, 0.25) is 0 Å². The molecule has 0 spiro atoms. The minimum atomic E-state index is 0.292. The average molecular weight is 258 g/mol. The van der Waals surface area contributed by atoms with Gasteiger partial charge in [-0.15, -0.1) is 0 Å². The molecule has 0 aliphatic carbocycles. The van der Waals surface area contributed by atoms with Crippen molar-refractivity contribution >= 4 is 5.82 Å². The minimum absolute atomic E-state index is 0.292. The third-order valence-electron chi connectivity index (χ3n) is 2.71. The van der Waals surface area contributed by atoms with Gasteiger partial charge in [0.2, 0.25) is 0 Å². The zero-order valence-corrected chi connectivity index (χ0v) is 11.0. The number of benzene rings is 1. The molecule has 2 N–H and O–H groups in total. The Morgan fingerprint density at radius 1 is 1.21 bits per heavy atom. The standard InChI is InChI=1S/C15H18N2O2/c1-2-19-14-4-3-10-16-15(14)17-11-9-12-5-7-13(18)8-6-12/h3-8,10,18H,2,9,11H2,1H3,(H,16,17). The first-order chi connectivity index (χ1) is 9.29. The molecule has 0 radical (unpaired) electrons. The summed E-state index contributed by atoms with van der Waals surface area (Å²) >= 11 is 0. The summed E-state index contributed by atoms with van der Waals surface area (Å²) in [6.45, 7) is 3.34. The lowest BCUT2D eigenvalue weighted by atomic mass is 10.1. The number of phenols is 1. The molecule has 2 rings (SSSR count). The van der Waals surface area contributed by atoms with Crippen molar-refractivity contribution in [2.75, 3.05) is 18.5 Å². The summed E-state index contributed by atoms with van der Waals surface area (Å²) in [5, 5.41) is 12.5. The molecule has 4 heteroatoms. The number of phenolic OH excluding ortho intramolecular Hbond substituents is 1. The van der Waals surface area contributed by atoms with Crippen LogP contribution in [-0.4, -0.2) is 23.2 Å². The number of aromatic hydroxyl groups is 1. The predicted octanol–water partition coefficient (Wildman–Crippen LogP) is 2.84. The molecular formula is C15H18N2O2. The Morgan fingerprint density at radius 2 is 2.00 bits per heavy atom. The molecule has 0 atom stereocenters. The third kappa shape index (κ3) is 3.88. The highest BCUT2D eigenvalue weighted by Gasteiger charge is 2.02. The van der Waals surface area contributed by atoms with E-state index < -0.39 is 0 Å². The van der Waals surface area contributed by atoms with Crippen molar-refractivity contribution in [3.05, 3.63) is 48.2 Å². The van der Waals surface area contributed by atoms with Crippen LogP contribution in [0.25, 0.3) is 0 Å². The van der Waals surface area contributed by atoms with E-state index in [-0.39, 0.29) is 0 Å². The number of hydrogen-bond donors (Lipinski definition) is 2. The van der Waals surface area contributed by atoms with Crippen LogP contribution in [0.4, 0.5) is 5.82 Å². The van der Waals surface area contributed by atoms with Gasteiger partial charge in [0, 0.05) is 12.7 Å². The summed E-state index contributed by atoms with van der Waals surface area (Å²) in [6, 6.07) is 11.0. The second-order valence-corrected chi connectivity index (χ2v) is 4.13. The SMILES string of the molecule is CCOc1cccnc1NCCc1ccc(O)cc1. The fraction of sp³-hybridized carbons (Fsp3) is 0.267. The Bertz CT molecular complexity index is 512. The molecule has 100 valence electrons. The molecule has 0 aliphatic heterocycles. The number of nitrogens with zero attached hydrogens (tertiary/aromatic N) is 1. The average Bonchev–Trinajstić information content (AvgIpc) is 2.43. The molecule has 2 aromatic rings. The highest BCUT2D eigenvalue weighted by Crippen LogP contribution is 2.20. The van der Waals surface area contributed by atoms with Crippen molar-refractivity contribution in [3.8, 4) is 11.5 Å². The van der Waals surface area contributed by atoms with Crippen molar-refractivity contribution in [3.63, 3.8) is 0 Å². The van der Waals surface area contributed by atoms with Crippen LogP contribution in [0.5, 0.6) is 11.5 Å². The Kier molecular flexibility index (Phi) is 4.61. The Balaban J connectivity index is 1.90. The van der Waals surface area contributed by atoms with Gasteiger partial charge in [0.05, 0.1) is 6.61 Å². The summed E-state index contributed by atoms with van der Waals surface area (Å²) in [5.74, 6) is 1.83. The molecule has 0 saturated carbocycles. The molecule has 4 nitrogen and oxygen atoms in total. The number of hydrogen-bond acceptors (Lipinski definition) is 4. The Labute approximate surface area is 113 Å². The van der Waals surface area contributed by atoms with Gasteiger partial charge in [-0.2, -0.15) is 0 Å². The smallest absolute Gasteiger partial charge is 0.168 e. The van der Waals surface area contributed by atoms with E-state index in [1.165, 1.54) is 5.56 Å². The summed E-state index contributed by atoms with van der Waals surface area (Å²) in [5.41, 5.74) is 1.17. The second kappa shape index (κ2) is 6.64. The molecule has 1 aromatic heterocycles. The first kappa shape index (κ1) is 13.2. The van der Waals surface area contributed by atoms with Gasteiger partial charge in [-0.25, -0.2) is 4.98 Å². The van der Waals surface area contributed by atoms with Gasteiger partial charge in [0.15, 0.2) is 11.6 Å². The minimum Gasteiger partial charge on any atom is -0.508 e. The molecule has 0 fully saturated rings. The van der Waals surface area contributed by atoms with Gasteiger partial charge in [-0.05, 0) is 43.2 Å². The topological polar surface area (TPSA) is 54.4 Å². The van der Waals surface area contributed by atoms with E-state index in [1.807, 2.05) is 31.2 Å². The van der Waals surface area contributed by atoms with Gasteiger partial charge in [-0.3, -0.25) is 0 Å². The third-order valence-corrected chi connectivity index (χ3v) is 2.71. The highest BCUT2D eigenvalue weighted by atomic mass is 16.5. The van der Waals surface area contributed by atoms with Gasteiger partial charge in [0.1, 0.15) is 5.75 Å². The number of aromatic nitrogens is 1. The van der Waals surface area contributed by atoms with E-state index in [9.17, 15) is 5.11 Å². The molecule has 0 aliphatic rings. The summed E-state index contributed by atoms with van der Waals surface area (Å²) < 4.78 is 5.50. The maximum Gasteiger partial charge on any atom is 0.168 e. The number of anilines is 1. The second-order valence-electron chi connectivity index (χ2n) is 4.13. The molecule has 0 saturated heterocycles. The van der Waals surface area contributed by atoms with Gasteiger partial charge < -0.3 is 15.2 Å². The van der Waals surface area contributed by atoms with Gasteiger partial charge in [-0.1, -0.05) is 12.1 Å². The molecule has 0 amide bonds. The Morgan fingerprint density at radius 3 is 2.74 bits per heavy atom. The zero-order chi connectivity index (χ0) is 13.5. The van der Waals surface area contributed by atoms with Crippen LogP contribution in [-0.2, 0) is 6.42 Å². The predicted molar refractivity (Wildman–Crippen MR) is 75.7 cm³/mol. The first-order valence-corrected chi connectivity index (χ1v) is 6.39. The van der Waals surface area contributed by atoms with Crippen LogP contribution < -0.4 is 10.1 Å². The fourth-order valence-corrected chi connectivity index (χ4v) is 1.78. The monoisotopic (exact) mass is 258 g/mol. The first-order valence-electron chi connectivity index (χ1n) is 6.39. The summed E-state index contributed by atoms with van der Waals surface area (Å²) in [6.07, 6.45) is 2.60. The van der Waals surface area contributed by atoms with Crippen LogP contribution in [0.3, 0.4) is 0 Å². The Hall–Kier alpha value is -2.23. The number of pyridine rings is 1. The molecule has 19 heavy (non-hydrogen) atoms. The van der Waals surface area contributed by atoms with Crippen LogP contribution in [0, 0.1) is 0 Å². The van der Waals surface area contributed by atoms with Gasteiger partial charge >= 0.3 is 0 Å². The highest BCUT2D eigenvalue weighted by molar-refractivity contribution is 5.49. The molecule has 0 bridgehead atoms. The van der Waals surface area contributed by atoms with Crippen LogP contribution in [0.15, 0.2) is 42.6 Å². The van der Waals surface area contributed by atoms with Crippen LogP contribution in [0.1, 0.15) is 12.5 Å². The van der Waals surface area contributed by atoms with Crippen LogP contribution >= 0.6 is 0 Å². The van der Waals surface area contributed by atoms with Crippen molar-refractivity contribution in [2.45, 2.75) is 13.3 Å². The molecular weight excluding hydrogens is 240 g/mol. The van der Waals surface area contributed by atoms with E-state index in [4.69, 9.17) is 4.74 Å². The molecule has 0 unspecified atom stereocenters. The van der Waals surface area contributed by atoms with Crippen molar-refractivity contribution in [1.29, 1.82) is 0 Å². The van der Waals surface area contributed by atoms with Crippen molar-refractivity contribution in [2.24, 2.45) is 0 Å². The normalized spacial score (nSPS) is 10.2. The quantitative estimate of drug-likeness (QED) is 0.836. The lowest BCUT2D eigenvalue weighted by molar-refractivity contribution is 0.340. The largest absolute Gasteiger partial charge is 0.508 e. The summed E-state index contributed by atoms with van der Waals surface area (Å²) in [4.78, 5) is 4.27. The lowest BCUT2D eigenvalue weighted by Gasteiger charge is -2.10. The number of ether oxygens (including phenoxy) is 1. The molecule has 1 aromatic carbocycles. The number of nitrogens with one attached hydrogen (secondary N) is 1. The summed E-state index contributed by atoms with van der Waals surface area (Å²) in [7, 11) is 0.